The van der Waals surface area contributed by atoms with E-state index in [1.54, 1.807) is 24.3 Å². The normalized spacial score (nSPS) is 17.3. The van der Waals surface area contributed by atoms with Crippen LogP contribution >= 0.6 is 0 Å². The largest absolute Gasteiger partial charge is 0.383 e. The molecule has 0 aliphatic heterocycles. The Balaban J connectivity index is 1.19. The third-order valence-corrected chi connectivity index (χ3v) is 7.90. The van der Waals surface area contributed by atoms with Gasteiger partial charge in [-0.25, -0.2) is 17.6 Å². The molecule has 0 spiro atoms. The highest BCUT2D eigenvalue weighted by atomic mass is 19.3. The maximum absolute atomic E-state index is 14.9. The number of ether oxygens (including phenoxy) is 1. The molecule has 1 saturated carbocycles. The topological polar surface area (TPSA) is 9.23 Å². The maximum Gasteiger partial charge on any atom is 0.383 e. The van der Waals surface area contributed by atoms with Crippen LogP contribution in [0.5, 0.6) is 0 Å². The lowest BCUT2D eigenvalue weighted by Gasteiger charge is -2.31. The van der Waals surface area contributed by atoms with Crippen molar-refractivity contribution in [3.63, 3.8) is 0 Å². The van der Waals surface area contributed by atoms with Crippen molar-refractivity contribution in [2.75, 3.05) is 0 Å². The van der Waals surface area contributed by atoms with Crippen LogP contribution < -0.4 is 0 Å². The van der Waals surface area contributed by atoms with Crippen molar-refractivity contribution < 1.29 is 31.1 Å². The van der Waals surface area contributed by atoms with E-state index in [-0.39, 0.29) is 22.6 Å². The van der Waals surface area contributed by atoms with Crippen molar-refractivity contribution in [3.8, 4) is 22.3 Å². The average Bonchev–Trinajstić information content (AvgIpc) is 2.99. The number of allylic oxidation sites excluding steroid dienone is 1. The van der Waals surface area contributed by atoms with E-state index < -0.39 is 35.5 Å². The highest BCUT2D eigenvalue weighted by Gasteiger charge is 2.37. The van der Waals surface area contributed by atoms with Crippen LogP contribution in [0.15, 0.2) is 91.5 Å². The predicted octanol–water partition coefficient (Wildman–Crippen LogP) is 10.5. The molecule has 0 N–H and O–H groups in total. The first-order valence-electron chi connectivity index (χ1n) is 14.0. The van der Waals surface area contributed by atoms with Crippen LogP contribution in [0.2, 0.25) is 0 Å². The molecule has 5 rings (SSSR count). The number of rotatable bonds is 9. The van der Waals surface area contributed by atoms with Gasteiger partial charge in [-0.15, -0.1) is 6.58 Å². The Kier molecular flexibility index (Phi) is 8.88. The van der Waals surface area contributed by atoms with Crippen molar-refractivity contribution in [1.82, 2.24) is 0 Å². The van der Waals surface area contributed by atoms with E-state index in [1.165, 1.54) is 24.3 Å². The van der Waals surface area contributed by atoms with Crippen molar-refractivity contribution in [2.24, 2.45) is 0 Å². The van der Waals surface area contributed by atoms with Crippen LogP contribution in [-0.2, 0) is 17.3 Å². The number of hydrogen-bond acceptors (Lipinski definition) is 1. The second-order valence-electron chi connectivity index (χ2n) is 10.7. The Morgan fingerprint density at radius 2 is 1.31 bits per heavy atom. The quantitative estimate of drug-likeness (QED) is 0.109. The number of halogens is 6. The Morgan fingerprint density at radius 1 is 0.714 bits per heavy atom. The van der Waals surface area contributed by atoms with E-state index >= 15 is 0 Å². The van der Waals surface area contributed by atoms with Gasteiger partial charge in [0, 0.05) is 5.56 Å². The van der Waals surface area contributed by atoms with E-state index in [0.717, 1.165) is 41.7 Å². The molecule has 0 bridgehead atoms. The van der Waals surface area contributed by atoms with Crippen LogP contribution in [0.25, 0.3) is 22.3 Å². The fraction of sp³-hybridized carbons (Fsp3) is 0.257. The van der Waals surface area contributed by atoms with Gasteiger partial charge in [-0.2, -0.15) is 8.78 Å². The molecule has 4 aromatic carbocycles. The minimum absolute atomic E-state index is 0.0433. The Bertz CT molecular complexity index is 1510. The van der Waals surface area contributed by atoms with E-state index in [0.29, 0.717) is 31.2 Å². The van der Waals surface area contributed by atoms with Gasteiger partial charge >= 0.3 is 6.11 Å². The van der Waals surface area contributed by atoms with Crippen LogP contribution in [0.4, 0.5) is 26.3 Å². The molecule has 0 atom stereocenters. The minimum Gasteiger partial charge on any atom is -0.313 e. The van der Waals surface area contributed by atoms with Crippen molar-refractivity contribution in [2.45, 2.75) is 56.7 Å². The lowest BCUT2D eigenvalue weighted by atomic mass is 9.82. The summed E-state index contributed by atoms with van der Waals surface area (Å²) in [6.07, 6.45) is 1.86. The summed E-state index contributed by atoms with van der Waals surface area (Å²) in [6, 6.07) is 19.7. The molecule has 0 radical (unpaired) electrons. The van der Waals surface area contributed by atoms with Crippen LogP contribution in [0.3, 0.4) is 0 Å². The third kappa shape index (κ3) is 6.62. The molecule has 42 heavy (non-hydrogen) atoms. The van der Waals surface area contributed by atoms with Crippen LogP contribution in [-0.4, -0.2) is 6.10 Å². The van der Waals surface area contributed by atoms with Gasteiger partial charge in [-0.05, 0) is 90.5 Å². The summed E-state index contributed by atoms with van der Waals surface area (Å²) in [6.45, 7) is 3.68. The van der Waals surface area contributed by atoms with E-state index in [2.05, 4.69) is 6.58 Å². The zero-order valence-corrected chi connectivity index (χ0v) is 22.9. The van der Waals surface area contributed by atoms with Crippen molar-refractivity contribution in [1.29, 1.82) is 0 Å². The Labute approximate surface area is 241 Å². The van der Waals surface area contributed by atoms with Gasteiger partial charge in [0.2, 0.25) is 0 Å². The molecule has 218 valence electrons. The van der Waals surface area contributed by atoms with Gasteiger partial charge in [0.25, 0.3) is 0 Å². The summed E-state index contributed by atoms with van der Waals surface area (Å²) in [5.41, 5.74) is 3.06. The van der Waals surface area contributed by atoms with Crippen LogP contribution in [0, 0.1) is 23.3 Å². The smallest absolute Gasteiger partial charge is 0.313 e. The number of hydrogen-bond donors (Lipinski definition) is 0. The number of aryl methyl sites for hydroxylation is 1. The fourth-order valence-electron chi connectivity index (χ4n) is 5.51. The monoisotopic (exact) mass is 580 g/mol. The van der Waals surface area contributed by atoms with Gasteiger partial charge < -0.3 is 4.74 Å². The first-order chi connectivity index (χ1) is 20.1. The van der Waals surface area contributed by atoms with Crippen molar-refractivity contribution >= 4 is 0 Å². The molecule has 1 aliphatic carbocycles. The summed E-state index contributed by atoms with van der Waals surface area (Å²) in [7, 11) is 0. The molecule has 4 aromatic rings. The molecular weight excluding hydrogens is 550 g/mol. The summed E-state index contributed by atoms with van der Waals surface area (Å²) in [5.74, 6) is -4.87. The maximum atomic E-state index is 14.9. The molecule has 0 heterocycles. The van der Waals surface area contributed by atoms with Gasteiger partial charge in [-0.1, -0.05) is 66.7 Å². The summed E-state index contributed by atoms with van der Waals surface area (Å²) < 4.78 is 90.4. The molecule has 7 heteroatoms. The summed E-state index contributed by atoms with van der Waals surface area (Å²) >= 11 is 0. The first-order valence-corrected chi connectivity index (χ1v) is 14.0. The molecule has 1 nitrogen and oxygen atoms in total. The van der Waals surface area contributed by atoms with E-state index in [4.69, 9.17) is 4.74 Å². The van der Waals surface area contributed by atoms with Gasteiger partial charge in [0.05, 0.1) is 11.7 Å². The lowest BCUT2D eigenvalue weighted by molar-refractivity contribution is -0.277. The Hall–Kier alpha value is -3.84. The van der Waals surface area contributed by atoms with Crippen molar-refractivity contribution in [3.05, 3.63) is 131 Å². The number of alkyl halides is 2. The zero-order chi connectivity index (χ0) is 29.9. The summed E-state index contributed by atoms with van der Waals surface area (Å²) in [5, 5.41) is 0. The molecule has 0 saturated heterocycles. The Morgan fingerprint density at radius 3 is 1.90 bits per heavy atom. The van der Waals surface area contributed by atoms with E-state index in [1.807, 2.05) is 24.3 Å². The molecule has 0 aromatic heterocycles. The standard InChI is InChI=1S/C35H30F6O/c1-2-3-4-22-5-14-28(15-6-22)35(40,41)42-29-16-11-24(12-17-29)23-7-9-25(10-8-23)26-13-18-30(31(36)19-26)27-20-32(37)34(39)33(38)21-27/h2,5-10,13-15,18-21,24,29H,1,3-4,11-12,16-17H2. The minimum atomic E-state index is -3.36. The lowest BCUT2D eigenvalue weighted by Crippen LogP contribution is -2.29. The highest BCUT2D eigenvalue weighted by molar-refractivity contribution is 5.71. The fourth-order valence-corrected chi connectivity index (χ4v) is 5.51. The molecule has 0 amide bonds. The van der Waals surface area contributed by atoms with Gasteiger partial charge in [0.1, 0.15) is 5.82 Å². The third-order valence-electron chi connectivity index (χ3n) is 7.90. The number of benzene rings is 4. The zero-order valence-electron chi connectivity index (χ0n) is 22.9. The van der Waals surface area contributed by atoms with E-state index in [9.17, 15) is 26.3 Å². The average molecular weight is 581 g/mol. The molecule has 1 fully saturated rings. The second kappa shape index (κ2) is 12.6. The second-order valence-corrected chi connectivity index (χ2v) is 10.7. The predicted molar refractivity (Wildman–Crippen MR) is 152 cm³/mol. The van der Waals surface area contributed by atoms with Gasteiger partial charge in [-0.3, -0.25) is 0 Å². The first kappa shape index (κ1) is 29.6. The van der Waals surface area contributed by atoms with Gasteiger partial charge in [0.15, 0.2) is 17.5 Å². The highest BCUT2D eigenvalue weighted by Crippen LogP contribution is 2.39. The summed E-state index contributed by atoms with van der Waals surface area (Å²) in [4.78, 5) is 0. The molecule has 1 aliphatic rings. The molecule has 0 unspecified atom stereocenters. The SMILES string of the molecule is C=CCCc1ccc(C(F)(F)OC2CCC(c3ccc(-c4ccc(-c5cc(F)c(F)c(F)c5)c(F)c4)cc3)CC2)cc1. The van der Waals surface area contributed by atoms with Crippen LogP contribution in [0.1, 0.15) is 54.7 Å². The molecular formula is C35H30F6O.